The van der Waals surface area contributed by atoms with Crippen LogP contribution in [0.4, 0.5) is 11.8 Å². The van der Waals surface area contributed by atoms with Gasteiger partial charge in [0.05, 0.1) is 18.7 Å². The fourth-order valence-electron chi connectivity index (χ4n) is 3.69. The Morgan fingerprint density at radius 1 is 0.829 bits per heavy atom. The number of para-hydroxylation sites is 1. The van der Waals surface area contributed by atoms with E-state index in [2.05, 4.69) is 22.3 Å². The molecule has 0 radical (unpaired) electrons. The normalized spacial score (nSPS) is 11.1. The molecule has 0 spiro atoms. The standard InChI is InChI=1S/C27H30N4O2S2/c1-31(18-20-8-2-6-12-24(20)35-25-13-7-3-9-21(25)19-33)27-29-23-11-5-4-10-22(23)26(30-27)28-14-16-34-17-15-32/h2-13,32-33H,14-19H2,1H3,(H,28,29,30). The molecule has 0 fully saturated rings. The van der Waals surface area contributed by atoms with E-state index < -0.39 is 0 Å². The predicted octanol–water partition coefficient (Wildman–Crippen LogP) is 5.05. The zero-order chi connectivity index (χ0) is 24.5. The first-order valence-corrected chi connectivity index (χ1v) is 13.5. The molecule has 0 saturated carbocycles. The Hall–Kier alpha value is -2.78. The number of hydrogen-bond donors (Lipinski definition) is 3. The minimum atomic E-state index is 0.0183. The largest absolute Gasteiger partial charge is 0.396 e. The zero-order valence-corrected chi connectivity index (χ0v) is 21.4. The van der Waals surface area contributed by atoms with Crippen molar-refractivity contribution >= 4 is 46.2 Å². The molecule has 6 nitrogen and oxygen atoms in total. The number of aliphatic hydroxyl groups is 2. The number of nitrogens with zero attached hydrogens (tertiary/aromatic N) is 3. The van der Waals surface area contributed by atoms with Crippen molar-refractivity contribution in [3.05, 3.63) is 83.9 Å². The maximum Gasteiger partial charge on any atom is 0.227 e. The average molecular weight is 507 g/mol. The minimum Gasteiger partial charge on any atom is -0.396 e. The summed E-state index contributed by atoms with van der Waals surface area (Å²) < 4.78 is 0. The van der Waals surface area contributed by atoms with E-state index in [1.54, 1.807) is 23.5 Å². The molecule has 1 heterocycles. The van der Waals surface area contributed by atoms with Gasteiger partial charge in [0, 0.05) is 46.8 Å². The number of aromatic nitrogens is 2. The molecule has 8 heteroatoms. The molecule has 0 aliphatic carbocycles. The molecule has 0 unspecified atom stereocenters. The van der Waals surface area contributed by atoms with E-state index in [0.717, 1.165) is 50.1 Å². The molecule has 182 valence electrons. The molecule has 3 aromatic carbocycles. The highest BCUT2D eigenvalue weighted by molar-refractivity contribution is 7.99. The Balaban J connectivity index is 1.55. The van der Waals surface area contributed by atoms with Crippen molar-refractivity contribution in [1.82, 2.24) is 9.97 Å². The van der Waals surface area contributed by atoms with Gasteiger partial charge in [0.1, 0.15) is 5.82 Å². The summed E-state index contributed by atoms with van der Waals surface area (Å²) in [7, 11) is 2.01. The first kappa shape index (κ1) is 25.3. The molecule has 0 aliphatic rings. The molecule has 1 aromatic heterocycles. The van der Waals surface area contributed by atoms with Gasteiger partial charge >= 0.3 is 0 Å². The zero-order valence-electron chi connectivity index (χ0n) is 19.7. The molecule has 0 bridgehead atoms. The summed E-state index contributed by atoms with van der Waals surface area (Å²) in [5.74, 6) is 3.11. The van der Waals surface area contributed by atoms with E-state index in [0.29, 0.717) is 12.5 Å². The van der Waals surface area contributed by atoms with Crippen LogP contribution < -0.4 is 10.2 Å². The quantitative estimate of drug-likeness (QED) is 0.230. The van der Waals surface area contributed by atoms with Gasteiger partial charge in [0.15, 0.2) is 0 Å². The summed E-state index contributed by atoms with van der Waals surface area (Å²) in [5.41, 5.74) is 2.99. The van der Waals surface area contributed by atoms with E-state index in [1.807, 2.05) is 67.7 Å². The van der Waals surface area contributed by atoms with Crippen molar-refractivity contribution in [1.29, 1.82) is 0 Å². The Labute approximate surface area is 214 Å². The summed E-state index contributed by atoms with van der Waals surface area (Å²) in [6.07, 6.45) is 0. The monoisotopic (exact) mass is 506 g/mol. The van der Waals surface area contributed by atoms with Crippen LogP contribution in [0.1, 0.15) is 11.1 Å². The van der Waals surface area contributed by atoms with Gasteiger partial charge in [-0.3, -0.25) is 0 Å². The van der Waals surface area contributed by atoms with E-state index >= 15 is 0 Å². The molecule has 35 heavy (non-hydrogen) atoms. The third kappa shape index (κ3) is 6.67. The second kappa shape index (κ2) is 12.8. The molecule has 0 aliphatic heterocycles. The van der Waals surface area contributed by atoms with Gasteiger partial charge in [-0.05, 0) is 35.4 Å². The van der Waals surface area contributed by atoms with Crippen molar-refractivity contribution in [3.63, 3.8) is 0 Å². The average Bonchev–Trinajstić information content (AvgIpc) is 2.89. The second-order valence-electron chi connectivity index (χ2n) is 7.98. The van der Waals surface area contributed by atoms with E-state index in [4.69, 9.17) is 15.1 Å². The number of rotatable bonds is 12. The van der Waals surface area contributed by atoms with Crippen molar-refractivity contribution in [3.8, 4) is 0 Å². The first-order chi connectivity index (χ1) is 17.2. The van der Waals surface area contributed by atoms with E-state index in [-0.39, 0.29) is 13.2 Å². The number of anilines is 2. The van der Waals surface area contributed by atoms with Crippen LogP contribution in [0.5, 0.6) is 0 Å². The Morgan fingerprint density at radius 3 is 2.29 bits per heavy atom. The van der Waals surface area contributed by atoms with Gasteiger partial charge in [-0.15, -0.1) is 0 Å². The Kier molecular flexibility index (Phi) is 9.25. The van der Waals surface area contributed by atoms with Crippen molar-refractivity contribution in [2.45, 2.75) is 22.9 Å². The van der Waals surface area contributed by atoms with Crippen LogP contribution in [0.25, 0.3) is 10.9 Å². The predicted molar refractivity (Wildman–Crippen MR) is 147 cm³/mol. The molecule has 0 atom stereocenters. The van der Waals surface area contributed by atoms with Gasteiger partial charge in [-0.25, -0.2) is 4.98 Å². The maximum atomic E-state index is 9.72. The van der Waals surface area contributed by atoms with Crippen molar-refractivity contribution in [2.75, 3.05) is 41.9 Å². The summed E-state index contributed by atoms with van der Waals surface area (Å²) in [6, 6.07) is 24.3. The topological polar surface area (TPSA) is 81.5 Å². The molecule has 4 rings (SSSR count). The smallest absolute Gasteiger partial charge is 0.227 e. The van der Waals surface area contributed by atoms with Gasteiger partial charge in [-0.2, -0.15) is 16.7 Å². The SMILES string of the molecule is CN(Cc1ccccc1Sc1ccccc1CO)c1nc(NCCSCCO)c2ccccc2n1. The van der Waals surface area contributed by atoms with Gasteiger partial charge in [0.25, 0.3) is 0 Å². The number of thioether (sulfide) groups is 1. The lowest BCUT2D eigenvalue weighted by molar-refractivity contribution is 0.279. The lowest BCUT2D eigenvalue weighted by Crippen LogP contribution is -2.20. The fourth-order valence-corrected chi connectivity index (χ4v) is 5.33. The number of benzene rings is 3. The van der Waals surface area contributed by atoms with Crippen molar-refractivity contribution < 1.29 is 10.2 Å². The third-order valence-corrected chi connectivity index (χ3v) is 7.65. The summed E-state index contributed by atoms with van der Waals surface area (Å²) in [4.78, 5) is 13.9. The number of aliphatic hydroxyl groups excluding tert-OH is 2. The number of fused-ring (bicyclic) bond motifs is 1. The van der Waals surface area contributed by atoms with Crippen LogP contribution in [0.15, 0.2) is 82.6 Å². The molecule has 0 saturated heterocycles. The van der Waals surface area contributed by atoms with Gasteiger partial charge < -0.3 is 20.4 Å². The van der Waals surface area contributed by atoms with E-state index in [9.17, 15) is 5.11 Å². The molecule has 4 aromatic rings. The van der Waals surface area contributed by atoms with Gasteiger partial charge in [-0.1, -0.05) is 60.3 Å². The maximum absolute atomic E-state index is 9.72. The minimum absolute atomic E-state index is 0.0183. The highest BCUT2D eigenvalue weighted by Crippen LogP contribution is 2.34. The molecular formula is C27H30N4O2S2. The summed E-state index contributed by atoms with van der Waals surface area (Å²) in [6.45, 7) is 1.62. The van der Waals surface area contributed by atoms with Crippen LogP contribution >= 0.6 is 23.5 Å². The van der Waals surface area contributed by atoms with Crippen LogP contribution in [-0.4, -0.2) is 51.9 Å². The van der Waals surface area contributed by atoms with Gasteiger partial charge in [0.2, 0.25) is 5.95 Å². The van der Waals surface area contributed by atoms with Crippen LogP contribution in [0.2, 0.25) is 0 Å². The number of hydrogen-bond acceptors (Lipinski definition) is 8. The second-order valence-corrected chi connectivity index (χ2v) is 10.3. The summed E-state index contributed by atoms with van der Waals surface area (Å²) >= 11 is 3.38. The first-order valence-electron chi connectivity index (χ1n) is 11.5. The highest BCUT2D eigenvalue weighted by Gasteiger charge is 2.14. The number of nitrogens with one attached hydrogen (secondary N) is 1. The third-order valence-electron chi connectivity index (χ3n) is 5.45. The molecule has 3 N–H and O–H groups in total. The lowest BCUT2D eigenvalue weighted by atomic mass is 10.2. The Morgan fingerprint density at radius 2 is 1.51 bits per heavy atom. The summed E-state index contributed by atoms with van der Waals surface area (Å²) in [5, 5.41) is 23.2. The Bertz CT molecular complexity index is 1250. The molecule has 0 amide bonds. The van der Waals surface area contributed by atoms with E-state index in [1.165, 1.54) is 5.56 Å². The van der Waals surface area contributed by atoms with Crippen LogP contribution in [0, 0.1) is 0 Å². The van der Waals surface area contributed by atoms with Crippen LogP contribution in [-0.2, 0) is 13.2 Å². The lowest BCUT2D eigenvalue weighted by Gasteiger charge is -2.21. The van der Waals surface area contributed by atoms with Crippen molar-refractivity contribution in [2.24, 2.45) is 0 Å². The fraction of sp³-hybridized carbons (Fsp3) is 0.259. The van der Waals surface area contributed by atoms with Crippen LogP contribution in [0.3, 0.4) is 0 Å². The highest BCUT2D eigenvalue weighted by atomic mass is 32.2. The molecular weight excluding hydrogens is 476 g/mol.